The first-order chi connectivity index (χ1) is 14.6. The minimum Gasteiger partial charge on any atom is -0.109 e. The van der Waals surface area contributed by atoms with Gasteiger partial charge in [0.25, 0.3) is 0 Å². The summed E-state index contributed by atoms with van der Waals surface area (Å²) in [6.07, 6.45) is 0. The monoisotopic (exact) mass is 668 g/mol. The topological polar surface area (TPSA) is 0 Å². The highest BCUT2D eigenvalue weighted by Gasteiger charge is 2.91. The Kier molecular flexibility index (Phi) is 5.05. The zero-order chi connectivity index (χ0) is 23.6. The summed E-state index contributed by atoms with van der Waals surface area (Å²) in [5.41, 5.74) is 1.59. The van der Waals surface area contributed by atoms with Crippen LogP contribution in [0, 0.1) is 11.8 Å². The highest BCUT2D eigenvalue weighted by molar-refractivity contribution is 6.67. The van der Waals surface area contributed by atoms with Gasteiger partial charge in [0.1, 0.15) is 19.5 Å². The molecular formula is C20H8Cl12. The second kappa shape index (κ2) is 6.59. The van der Waals surface area contributed by atoms with E-state index < -0.39 is 51.8 Å². The molecule has 4 bridgehead atoms. The van der Waals surface area contributed by atoms with Crippen molar-refractivity contribution in [3.63, 3.8) is 0 Å². The molecule has 172 valence electrons. The number of hydrogen-bond donors (Lipinski definition) is 0. The lowest BCUT2D eigenvalue weighted by Crippen LogP contribution is -2.53. The zero-order valence-corrected chi connectivity index (χ0v) is 24.2. The Morgan fingerprint density at radius 3 is 1.06 bits per heavy atom. The summed E-state index contributed by atoms with van der Waals surface area (Å²) in [5.74, 6) is -2.54. The molecule has 1 aromatic carbocycles. The number of fused-ring (bicyclic) bond motifs is 14. The van der Waals surface area contributed by atoms with Crippen LogP contribution in [0.1, 0.15) is 23.0 Å². The molecule has 1 aromatic rings. The van der Waals surface area contributed by atoms with E-state index in [0.29, 0.717) is 0 Å². The van der Waals surface area contributed by atoms with E-state index >= 15 is 0 Å². The Morgan fingerprint density at radius 2 is 0.750 bits per heavy atom. The van der Waals surface area contributed by atoms with Crippen molar-refractivity contribution in [2.24, 2.45) is 11.8 Å². The van der Waals surface area contributed by atoms with E-state index in [2.05, 4.69) is 0 Å². The maximum absolute atomic E-state index is 7.25. The van der Waals surface area contributed by atoms with Crippen molar-refractivity contribution in [2.45, 2.75) is 40.0 Å². The van der Waals surface area contributed by atoms with E-state index in [4.69, 9.17) is 139 Å². The van der Waals surface area contributed by atoms with Crippen molar-refractivity contribution < 1.29 is 0 Å². The minimum absolute atomic E-state index is 0.0489. The predicted molar refractivity (Wildman–Crippen MR) is 140 cm³/mol. The third-order valence-corrected chi connectivity index (χ3v) is 16.6. The summed E-state index contributed by atoms with van der Waals surface area (Å²) in [6.45, 7) is 0. The summed E-state index contributed by atoms with van der Waals surface area (Å²) in [7, 11) is 0. The molecule has 6 rings (SSSR count). The smallest absolute Gasteiger partial charge is 0.109 e. The molecular weight excluding hydrogens is 666 g/mol. The molecule has 0 saturated heterocycles. The van der Waals surface area contributed by atoms with Crippen LogP contribution in [0.4, 0.5) is 0 Å². The van der Waals surface area contributed by atoms with Crippen LogP contribution >= 0.6 is 139 Å². The maximum atomic E-state index is 7.25. The molecule has 0 heterocycles. The SMILES string of the molecule is ClC1=C(Cl)[C@@]2(Cl)[C@@H]3c4ccccc4[C@H]4[C@H]([C@H]3[C@@]1(Cl)C2(Cl)Cl)[C@]1(Cl)C(Cl)=C(Cl)[C@]4(Cl)C1(Cl)Cl. The third-order valence-electron chi connectivity index (χ3n) is 8.04. The molecule has 8 atom stereocenters. The Bertz CT molecular complexity index is 1100. The van der Waals surface area contributed by atoms with Gasteiger partial charge in [0, 0.05) is 23.7 Å². The van der Waals surface area contributed by atoms with Crippen molar-refractivity contribution in [1.29, 1.82) is 0 Å². The summed E-state index contributed by atoms with van der Waals surface area (Å²) < 4.78 is -3.60. The van der Waals surface area contributed by atoms with Gasteiger partial charge in [-0.1, -0.05) is 117 Å². The molecule has 0 radical (unpaired) electrons. The quantitative estimate of drug-likeness (QED) is 0.241. The number of hydrogen-bond acceptors (Lipinski definition) is 0. The van der Waals surface area contributed by atoms with Gasteiger partial charge in [0.15, 0.2) is 8.67 Å². The van der Waals surface area contributed by atoms with Crippen molar-refractivity contribution in [3.05, 3.63) is 55.5 Å². The molecule has 0 spiro atoms. The summed E-state index contributed by atoms with van der Waals surface area (Å²) in [5, 5.41) is 0.274. The van der Waals surface area contributed by atoms with Crippen LogP contribution in [-0.4, -0.2) is 28.2 Å². The van der Waals surface area contributed by atoms with Crippen molar-refractivity contribution in [1.82, 2.24) is 0 Å². The minimum atomic E-state index is -1.80. The maximum Gasteiger partial charge on any atom is 0.167 e. The molecule has 0 nitrogen and oxygen atoms in total. The van der Waals surface area contributed by atoms with Gasteiger partial charge in [-0.3, -0.25) is 0 Å². The van der Waals surface area contributed by atoms with Crippen LogP contribution in [0.2, 0.25) is 0 Å². The first kappa shape index (κ1) is 24.5. The molecule has 0 aromatic heterocycles. The molecule has 0 aliphatic heterocycles. The lowest BCUT2D eigenvalue weighted by Gasteiger charge is -2.52. The largest absolute Gasteiger partial charge is 0.167 e. The highest BCUT2D eigenvalue weighted by Crippen LogP contribution is 2.88. The number of benzene rings is 1. The normalized spacial score (nSPS) is 51.2. The van der Waals surface area contributed by atoms with Gasteiger partial charge >= 0.3 is 0 Å². The van der Waals surface area contributed by atoms with E-state index in [1.54, 1.807) is 0 Å². The van der Waals surface area contributed by atoms with Crippen molar-refractivity contribution in [2.75, 3.05) is 0 Å². The average Bonchev–Trinajstić information content (AvgIpc) is 3.08. The fourth-order valence-corrected chi connectivity index (χ4v) is 12.9. The molecule has 2 fully saturated rings. The second-order valence-corrected chi connectivity index (χ2v) is 15.4. The van der Waals surface area contributed by atoms with E-state index in [9.17, 15) is 0 Å². The Morgan fingerprint density at radius 1 is 0.469 bits per heavy atom. The van der Waals surface area contributed by atoms with E-state index in [0.717, 1.165) is 11.1 Å². The predicted octanol–water partition coefficient (Wildman–Crippen LogP) is 9.79. The van der Waals surface area contributed by atoms with Crippen LogP contribution in [0.15, 0.2) is 44.4 Å². The zero-order valence-electron chi connectivity index (χ0n) is 15.2. The Hall–Kier alpha value is 2.18. The second-order valence-electron chi connectivity index (χ2n) is 8.89. The summed E-state index contributed by atoms with van der Waals surface area (Å²) >= 11 is 83.3. The van der Waals surface area contributed by atoms with Crippen LogP contribution < -0.4 is 0 Å². The fraction of sp³-hybridized carbons (Fsp3) is 0.500. The molecule has 32 heavy (non-hydrogen) atoms. The number of allylic oxidation sites excluding steroid dienone is 4. The van der Waals surface area contributed by atoms with Crippen LogP contribution in [-0.2, 0) is 0 Å². The van der Waals surface area contributed by atoms with Crippen molar-refractivity contribution >= 4 is 139 Å². The Balaban J connectivity index is 1.78. The van der Waals surface area contributed by atoms with Crippen LogP contribution in [0.5, 0.6) is 0 Å². The number of alkyl halides is 8. The van der Waals surface area contributed by atoms with Gasteiger partial charge in [-0.25, -0.2) is 0 Å². The molecule has 5 aliphatic rings. The lowest BCUT2D eigenvalue weighted by molar-refractivity contribution is 0.201. The van der Waals surface area contributed by atoms with E-state index in [-0.39, 0.29) is 20.1 Å². The van der Waals surface area contributed by atoms with Gasteiger partial charge in [-0.15, -0.1) is 46.4 Å². The standard InChI is InChI=1S/C20H8Cl12/c21-11-13(23)17(27)9-7(15(11,25)19(17,29)30)5-3-1-2-4-6(5)8-10(9)18(28)14(24)12(22)16(8,26)20(18,31)32/h1-4,7-10H/t7-,8+,9+,10-,15-,16-,17-,18-/m0/s1. The summed E-state index contributed by atoms with van der Waals surface area (Å²) in [4.78, 5) is -6.33. The Labute approximate surface area is 244 Å². The highest BCUT2D eigenvalue weighted by atomic mass is 35.5. The van der Waals surface area contributed by atoms with Crippen molar-refractivity contribution in [3.8, 4) is 0 Å². The number of rotatable bonds is 0. The molecule has 0 unspecified atom stereocenters. The van der Waals surface area contributed by atoms with E-state index in [1.807, 2.05) is 24.3 Å². The van der Waals surface area contributed by atoms with Gasteiger partial charge < -0.3 is 0 Å². The number of halogens is 12. The molecule has 0 N–H and O–H groups in total. The lowest BCUT2D eigenvalue weighted by atomic mass is 9.57. The van der Waals surface area contributed by atoms with Gasteiger partial charge in [-0.2, -0.15) is 0 Å². The molecule has 12 heteroatoms. The fourth-order valence-electron chi connectivity index (χ4n) is 6.85. The first-order valence-corrected chi connectivity index (χ1v) is 13.9. The molecule has 0 amide bonds. The average molecular weight is 674 g/mol. The van der Waals surface area contributed by atoms with E-state index in [1.165, 1.54) is 0 Å². The van der Waals surface area contributed by atoms with Gasteiger partial charge in [0.05, 0.1) is 20.1 Å². The van der Waals surface area contributed by atoms with Gasteiger partial charge in [0.2, 0.25) is 0 Å². The van der Waals surface area contributed by atoms with Crippen LogP contribution in [0.3, 0.4) is 0 Å². The molecule has 5 aliphatic carbocycles. The first-order valence-electron chi connectivity index (χ1n) is 9.33. The molecule has 2 saturated carbocycles. The summed E-state index contributed by atoms with van der Waals surface area (Å²) in [6, 6.07) is 7.51. The van der Waals surface area contributed by atoms with Gasteiger partial charge in [-0.05, 0) is 11.1 Å². The third kappa shape index (κ3) is 2.00. The van der Waals surface area contributed by atoms with Crippen LogP contribution in [0.25, 0.3) is 0 Å².